The number of ether oxygens (including phenoxy) is 1. The van der Waals surface area contributed by atoms with Crippen LogP contribution < -0.4 is 16.0 Å². The molecule has 0 aromatic carbocycles. The van der Waals surface area contributed by atoms with Crippen molar-refractivity contribution < 1.29 is 19.1 Å². The highest BCUT2D eigenvalue weighted by Crippen LogP contribution is 2.26. The number of allylic oxidation sites excluding steroid dienone is 11. The van der Waals surface area contributed by atoms with E-state index in [1.807, 2.05) is 32.9 Å². The fraction of sp³-hybridized carbons (Fsp3) is 0.651. The van der Waals surface area contributed by atoms with Gasteiger partial charge < -0.3 is 20.7 Å². The number of carbonyl (C=O) groups is 3. The third kappa shape index (κ3) is 41.9. The lowest BCUT2D eigenvalue weighted by Crippen LogP contribution is -2.41. The Bertz CT molecular complexity index is 1020. The quantitative estimate of drug-likeness (QED) is 0.0417. The van der Waals surface area contributed by atoms with Crippen molar-refractivity contribution in [1.82, 2.24) is 16.0 Å². The zero-order valence-corrected chi connectivity index (χ0v) is 36.1. The number of amides is 3. The summed E-state index contributed by atoms with van der Waals surface area (Å²) < 4.78 is 5.19. The molecule has 0 unspecified atom stereocenters. The van der Waals surface area contributed by atoms with Gasteiger partial charge in [0, 0.05) is 57.0 Å². The first-order chi connectivity index (χ1) is 25.1. The van der Waals surface area contributed by atoms with Crippen LogP contribution >= 0.6 is 21.6 Å². The van der Waals surface area contributed by atoms with Crippen LogP contribution in [0.1, 0.15) is 126 Å². The Balaban J connectivity index is -0.00000313. The Morgan fingerprint density at radius 1 is 0.615 bits per heavy atom. The normalized spacial score (nSPS) is 12.4. The molecule has 0 aromatic rings. The van der Waals surface area contributed by atoms with E-state index >= 15 is 0 Å². The van der Waals surface area contributed by atoms with Crippen molar-refractivity contribution >= 4 is 39.3 Å². The number of methoxy groups -OCH3 is 1. The molecule has 0 bridgehead atoms. The van der Waals surface area contributed by atoms with Gasteiger partial charge in [0.25, 0.3) is 0 Å². The average Bonchev–Trinajstić information content (AvgIpc) is 3.12. The Labute approximate surface area is 328 Å². The molecule has 0 heterocycles. The van der Waals surface area contributed by atoms with Crippen LogP contribution in [-0.4, -0.2) is 62.6 Å². The van der Waals surface area contributed by atoms with Gasteiger partial charge in [0.1, 0.15) is 0 Å². The number of carbonyl (C=O) groups excluding carboxylic acids is 3. The van der Waals surface area contributed by atoms with Gasteiger partial charge in [-0.2, -0.15) is 0 Å². The summed E-state index contributed by atoms with van der Waals surface area (Å²) >= 11 is 0. The predicted octanol–water partition coefficient (Wildman–Crippen LogP) is 10.7. The Kier molecular flexibility index (Phi) is 44.5. The first-order valence-electron chi connectivity index (χ1n) is 19.5. The van der Waals surface area contributed by atoms with Crippen LogP contribution in [0, 0.1) is 11.3 Å². The van der Waals surface area contributed by atoms with Gasteiger partial charge in [0.2, 0.25) is 17.7 Å². The molecule has 0 aromatic heterocycles. The third-order valence-corrected chi connectivity index (χ3v) is 9.64. The van der Waals surface area contributed by atoms with Gasteiger partial charge in [-0.05, 0) is 43.9 Å². The van der Waals surface area contributed by atoms with E-state index in [0.29, 0.717) is 32.7 Å². The number of hydrogen-bond donors (Lipinski definition) is 3. The van der Waals surface area contributed by atoms with E-state index in [9.17, 15) is 14.4 Å². The first kappa shape index (κ1) is 53.9. The lowest BCUT2D eigenvalue weighted by molar-refractivity contribution is -0.129. The van der Waals surface area contributed by atoms with Crippen LogP contribution in [0.4, 0.5) is 0 Å². The number of hydrogen-bond acceptors (Lipinski definition) is 6. The molecule has 0 aliphatic rings. The standard InChI is InChI=1S/C36H59N3O4S2.C4H10.C3H8/c1-6-7-8-9-10-11-12-13-14-15-16-17-18-19-20-21-22-23-24-33(40)37-27-29-44-45-30-28-38-34(41)25-26-39-35(42)32(2)36(3,4)31-43-5;1-3-4-2;1-3-2/h7-8,10-11,13-14,16-17,19-20,22-23,32H,6,9,12,15,18,21,24-31H2,1-5H3,(H,37,40)(H,38,41)(H,39,42);3-4H2,1-2H3;3H2,1-2H3/b8-7-,11-10-,14-13-,17-16-,20-19-,23-22-;;/t32-;;/m0../s1. The molecule has 0 rings (SSSR count). The molecular formula is C43H77N3O4S2. The summed E-state index contributed by atoms with van der Waals surface area (Å²) in [6.07, 6.45) is 36.1. The molecule has 3 amide bonds. The van der Waals surface area contributed by atoms with Crippen LogP contribution in [-0.2, 0) is 19.1 Å². The number of rotatable bonds is 28. The molecule has 0 fully saturated rings. The highest BCUT2D eigenvalue weighted by Gasteiger charge is 2.31. The molecule has 0 aliphatic heterocycles. The number of nitrogens with one attached hydrogen (secondary N) is 3. The predicted molar refractivity (Wildman–Crippen MR) is 233 cm³/mol. The van der Waals surface area contributed by atoms with E-state index in [2.05, 4.69) is 111 Å². The molecule has 0 saturated heterocycles. The summed E-state index contributed by atoms with van der Waals surface area (Å²) in [6.45, 7) is 18.6. The third-order valence-electron chi connectivity index (χ3n) is 7.23. The summed E-state index contributed by atoms with van der Waals surface area (Å²) in [6, 6.07) is 0. The van der Waals surface area contributed by atoms with Gasteiger partial charge >= 0.3 is 0 Å². The van der Waals surface area contributed by atoms with Gasteiger partial charge in [-0.1, -0.05) is 169 Å². The topological polar surface area (TPSA) is 96.5 Å². The van der Waals surface area contributed by atoms with Crippen molar-refractivity contribution in [3.63, 3.8) is 0 Å². The zero-order chi connectivity index (χ0) is 39.6. The molecular weight excluding hydrogens is 687 g/mol. The minimum absolute atomic E-state index is 0.0247. The zero-order valence-electron chi connectivity index (χ0n) is 34.5. The maximum absolute atomic E-state index is 12.3. The van der Waals surface area contributed by atoms with Crippen molar-refractivity contribution in [2.75, 3.05) is 44.9 Å². The summed E-state index contributed by atoms with van der Waals surface area (Å²) in [5, 5.41) is 8.65. The summed E-state index contributed by atoms with van der Waals surface area (Å²) in [7, 11) is 4.96. The SMILES string of the molecule is CC/C=C\C/C=C\C/C=C\C/C=C\C/C=C\C/C=C\CC(=O)NCCSSCCNC(=O)CCNC(=O)[C@H](C)C(C)(C)COC.CCC.CCCC. The van der Waals surface area contributed by atoms with Crippen LogP contribution in [0.5, 0.6) is 0 Å². The van der Waals surface area contributed by atoms with Gasteiger partial charge in [0.15, 0.2) is 0 Å². The van der Waals surface area contributed by atoms with E-state index in [-0.39, 0.29) is 35.5 Å². The molecule has 0 spiro atoms. The van der Waals surface area contributed by atoms with Gasteiger partial charge in [0.05, 0.1) is 6.61 Å². The summed E-state index contributed by atoms with van der Waals surface area (Å²) in [5.74, 6) is 1.24. The molecule has 300 valence electrons. The van der Waals surface area contributed by atoms with E-state index in [1.165, 1.54) is 19.3 Å². The number of unbranched alkanes of at least 4 members (excludes halogenated alkanes) is 1. The summed E-state index contributed by atoms with van der Waals surface area (Å²) in [5.41, 5.74) is -0.270. The highest BCUT2D eigenvalue weighted by molar-refractivity contribution is 8.76. The van der Waals surface area contributed by atoms with Gasteiger partial charge in [-0.15, -0.1) is 0 Å². The monoisotopic (exact) mass is 764 g/mol. The fourth-order valence-electron chi connectivity index (χ4n) is 3.76. The van der Waals surface area contributed by atoms with Crippen molar-refractivity contribution in [2.45, 2.75) is 126 Å². The second-order valence-electron chi connectivity index (χ2n) is 12.9. The maximum atomic E-state index is 12.3. The van der Waals surface area contributed by atoms with Crippen molar-refractivity contribution in [3.05, 3.63) is 72.9 Å². The highest BCUT2D eigenvalue weighted by atomic mass is 33.1. The molecule has 0 radical (unpaired) electrons. The largest absolute Gasteiger partial charge is 0.384 e. The molecule has 1 atom stereocenters. The first-order valence-corrected chi connectivity index (χ1v) is 22.0. The molecule has 3 N–H and O–H groups in total. The van der Waals surface area contributed by atoms with Crippen molar-refractivity contribution in [3.8, 4) is 0 Å². The smallest absolute Gasteiger partial charge is 0.223 e. The Hall–Kier alpha value is -2.49. The van der Waals surface area contributed by atoms with E-state index in [0.717, 1.165) is 50.0 Å². The Morgan fingerprint density at radius 2 is 1.02 bits per heavy atom. The minimum atomic E-state index is -0.270. The molecule has 9 heteroatoms. The lowest BCUT2D eigenvalue weighted by Gasteiger charge is -2.29. The molecule has 0 aliphatic carbocycles. The maximum Gasteiger partial charge on any atom is 0.223 e. The fourth-order valence-corrected chi connectivity index (χ4v) is 5.57. The van der Waals surface area contributed by atoms with Crippen LogP contribution in [0.3, 0.4) is 0 Å². The van der Waals surface area contributed by atoms with Crippen LogP contribution in [0.2, 0.25) is 0 Å². The van der Waals surface area contributed by atoms with Gasteiger partial charge in [-0.3, -0.25) is 14.4 Å². The van der Waals surface area contributed by atoms with Crippen LogP contribution in [0.25, 0.3) is 0 Å². The minimum Gasteiger partial charge on any atom is -0.384 e. The second kappa shape index (κ2) is 42.9. The second-order valence-corrected chi connectivity index (χ2v) is 15.6. The van der Waals surface area contributed by atoms with E-state index in [4.69, 9.17) is 4.74 Å². The Morgan fingerprint density at radius 3 is 1.42 bits per heavy atom. The lowest BCUT2D eigenvalue weighted by atomic mass is 9.80. The summed E-state index contributed by atoms with van der Waals surface area (Å²) in [4.78, 5) is 36.3. The molecule has 7 nitrogen and oxygen atoms in total. The molecule has 52 heavy (non-hydrogen) atoms. The van der Waals surface area contributed by atoms with Gasteiger partial charge in [-0.25, -0.2) is 0 Å². The van der Waals surface area contributed by atoms with E-state index in [1.54, 1.807) is 28.7 Å². The molecule has 0 saturated carbocycles. The van der Waals surface area contributed by atoms with Crippen LogP contribution in [0.15, 0.2) is 72.9 Å². The van der Waals surface area contributed by atoms with Crippen molar-refractivity contribution in [1.29, 1.82) is 0 Å². The average molecular weight is 764 g/mol. The van der Waals surface area contributed by atoms with Crippen molar-refractivity contribution in [2.24, 2.45) is 11.3 Å². The van der Waals surface area contributed by atoms with E-state index < -0.39 is 0 Å².